The van der Waals surface area contributed by atoms with Gasteiger partial charge in [0.15, 0.2) is 0 Å². The SMILES string of the molecule is CC1=CC(C(C)(C)C2C=CC=C2)c2ccccc21.[Cl-].[Cl-].[Cl-].[Cl-].[Zr+4]. The summed E-state index contributed by atoms with van der Waals surface area (Å²) in [5, 5.41) is 0. The molecule has 2 aliphatic rings. The van der Waals surface area contributed by atoms with Crippen molar-refractivity contribution in [3.63, 3.8) is 0 Å². The summed E-state index contributed by atoms with van der Waals surface area (Å²) in [6.45, 7) is 7.00. The third-order valence-electron chi connectivity index (χ3n) is 4.55. The van der Waals surface area contributed by atoms with E-state index in [1.54, 1.807) is 0 Å². The summed E-state index contributed by atoms with van der Waals surface area (Å²) >= 11 is 0. The van der Waals surface area contributed by atoms with Crippen LogP contribution in [0.25, 0.3) is 5.57 Å². The Balaban J connectivity index is -0.000000800. The minimum atomic E-state index is 0. The quantitative estimate of drug-likeness (QED) is 0.404. The number of allylic oxidation sites excluding steroid dienone is 6. The molecule has 5 heteroatoms. The molecule has 124 valence electrons. The third-order valence-corrected chi connectivity index (χ3v) is 4.55. The monoisotopic (exact) mass is 466 g/mol. The van der Waals surface area contributed by atoms with Crippen molar-refractivity contribution in [2.24, 2.45) is 11.3 Å². The van der Waals surface area contributed by atoms with Crippen LogP contribution < -0.4 is 49.6 Å². The third kappa shape index (κ3) is 5.23. The van der Waals surface area contributed by atoms with Gasteiger partial charge < -0.3 is 49.6 Å². The number of hydrogen-bond acceptors (Lipinski definition) is 0. The molecule has 0 amide bonds. The Morgan fingerprint density at radius 2 is 1.39 bits per heavy atom. The van der Waals surface area contributed by atoms with Crippen LogP contribution in [0, 0.1) is 11.3 Å². The number of benzene rings is 1. The normalized spacial score (nSPS) is 17.5. The van der Waals surface area contributed by atoms with Gasteiger partial charge in [-0.15, -0.1) is 0 Å². The number of rotatable bonds is 2. The molecule has 1 atom stereocenters. The van der Waals surface area contributed by atoms with Gasteiger partial charge in [0.2, 0.25) is 0 Å². The first kappa shape index (κ1) is 28.3. The Hall–Kier alpha value is 0.483. The molecule has 0 fully saturated rings. The van der Waals surface area contributed by atoms with Crippen LogP contribution in [0.5, 0.6) is 0 Å². The van der Waals surface area contributed by atoms with Gasteiger partial charge in [0.1, 0.15) is 0 Å². The van der Waals surface area contributed by atoms with Crippen molar-refractivity contribution < 1.29 is 75.8 Å². The van der Waals surface area contributed by atoms with Gasteiger partial charge in [-0.25, -0.2) is 0 Å². The van der Waals surface area contributed by atoms with Crippen molar-refractivity contribution in [1.29, 1.82) is 0 Å². The molecule has 0 saturated heterocycles. The van der Waals surface area contributed by atoms with E-state index in [0.717, 1.165) is 0 Å². The van der Waals surface area contributed by atoms with Gasteiger partial charge in [-0.1, -0.05) is 68.5 Å². The molecular formula is C18H20Cl4Zr. The summed E-state index contributed by atoms with van der Waals surface area (Å²) in [6.07, 6.45) is 11.4. The van der Waals surface area contributed by atoms with E-state index in [9.17, 15) is 0 Å². The first-order valence-electron chi connectivity index (χ1n) is 6.73. The van der Waals surface area contributed by atoms with Gasteiger partial charge in [-0.05, 0) is 29.0 Å². The summed E-state index contributed by atoms with van der Waals surface area (Å²) in [4.78, 5) is 0. The Bertz CT molecular complexity index is 564. The second kappa shape index (κ2) is 11.2. The maximum atomic E-state index is 2.45. The van der Waals surface area contributed by atoms with Crippen molar-refractivity contribution in [1.82, 2.24) is 0 Å². The fourth-order valence-electron chi connectivity index (χ4n) is 3.31. The zero-order valence-corrected chi connectivity index (χ0v) is 18.8. The summed E-state index contributed by atoms with van der Waals surface area (Å²) < 4.78 is 0. The predicted octanol–water partition coefficient (Wildman–Crippen LogP) is -7.03. The van der Waals surface area contributed by atoms with Gasteiger partial charge in [0, 0.05) is 11.8 Å². The summed E-state index contributed by atoms with van der Waals surface area (Å²) in [5.74, 6) is 1.06. The predicted molar refractivity (Wildman–Crippen MR) is 78.4 cm³/mol. The molecule has 0 N–H and O–H groups in total. The van der Waals surface area contributed by atoms with Crippen LogP contribution in [0.3, 0.4) is 0 Å². The van der Waals surface area contributed by atoms with E-state index in [-0.39, 0.29) is 81.2 Å². The number of halogens is 4. The summed E-state index contributed by atoms with van der Waals surface area (Å²) in [5.41, 5.74) is 4.59. The summed E-state index contributed by atoms with van der Waals surface area (Å²) in [6, 6.07) is 8.84. The molecule has 0 spiro atoms. The van der Waals surface area contributed by atoms with Gasteiger partial charge >= 0.3 is 26.2 Å². The van der Waals surface area contributed by atoms with Gasteiger partial charge in [-0.2, -0.15) is 0 Å². The Morgan fingerprint density at radius 1 is 0.870 bits per heavy atom. The first-order valence-corrected chi connectivity index (χ1v) is 6.73. The zero-order valence-electron chi connectivity index (χ0n) is 13.4. The van der Waals surface area contributed by atoms with Crippen LogP contribution in [-0.2, 0) is 26.2 Å². The molecular weight excluding hydrogens is 449 g/mol. The van der Waals surface area contributed by atoms with E-state index in [1.807, 2.05) is 0 Å². The molecule has 0 aliphatic heterocycles. The molecule has 23 heavy (non-hydrogen) atoms. The molecule has 0 saturated carbocycles. The maximum Gasteiger partial charge on any atom is 4.00 e. The van der Waals surface area contributed by atoms with Crippen molar-refractivity contribution in [2.75, 3.05) is 0 Å². The fraction of sp³-hybridized carbons (Fsp3) is 0.333. The van der Waals surface area contributed by atoms with Crippen LogP contribution in [0.4, 0.5) is 0 Å². The molecule has 0 aromatic heterocycles. The maximum absolute atomic E-state index is 2.45. The van der Waals surface area contributed by atoms with Crippen LogP contribution >= 0.6 is 0 Å². The Morgan fingerprint density at radius 3 is 1.96 bits per heavy atom. The molecule has 0 heterocycles. The van der Waals surface area contributed by atoms with E-state index in [2.05, 4.69) is 75.4 Å². The van der Waals surface area contributed by atoms with E-state index in [0.29, 0.717) is 11.8 Å². The second-order valence-electron chi connectivity index (χ2n) is 6.03. The van der Waals surface area contributed by atoms with Crippen molar-refractivity contribution >= 4 is 5.57 Å². The average Bonchev–Trinajstić information content (AvgIpc) is 2.98. The second-order valence-corrected chi connectivity index (χ2v) is 6.03. The Kier molecular flexibility index (Phi) is 13.7. The van der Waals surface area contributed by atoms with Gasteiger partial charge in [0.25, 0.3) is 0 Å². The van der Waals surface area contributed by atoms with Gasteiger partial charge in [0.05, 0.1) is 0 Å². The molecule has 1 unspecified atom stereocenters. The van der Waals surface area contributed by atoms with Gasteiger partial charge in [-0.3, -0.25) is 0 Å². The van der Waals surface area contributed by atoms with E-state index in [1.165, 1.54) is 16.7 Å². The van der Waals surface area contributed by atoms with E-state index >= 15 is 0 Å². The molecule has 0 nitrogen and oxygen atoms in total. The number of hydrogen-bond donors (Lipinski definition) is 0. The standard InChI is InChI=1S/C18H20.4ClH.Zr/c1-13-12-17(16-11-7-6-10-15(13)16)18(2,3)14-8-4-5-9-14;;;;;/h4-12,14,17H,1-3H3;4*1H;/q;;;;;+4/p-4. The zero-order chi connectivity index (χ0) is 12.8. The first-order chi connectivity index (χ1) is 8.60. The van der Waals surface area contributed by atoms with E-state index in [4.69, 9.17) is 0 Å². The van der Waals surface area contributed by atoms with Crippen LogP contribution in [0.15, 0.2) is 54.6 Å². The number of fused-ring (bicyclic) bond motifs is 1. The molecule has 2 aliphatic carbocycles. The Labute approximate surface area is 184 Å². The molecule has 0 radical (unpaired) electrons. The minimum Gasteiger partial charge on any atom is -1.00 e. The minimum absolute atomic E-state index is 0. The smallest absolute Gasteiger partial charge is 1.00 e. The largest absolute Gasteiger partial charge is 4.00 e. The van der Waals surface area contributed by atoms with Crippen LogP contribution in [-0.4, -0.2) is 0 Å². The molecule has 1 aromatic carbocycles. The van der Waals surface area contributed by atoms with Crippen LogP contribution in [0.2, 0.25) is 0 Å². The molecule has 0 bridgehead atoms. The van der Waals surface area contributed by atoms with Crippen molar-refractivity contribution in [2.45, 2.75) is 26.7 Å². The van der Waals surface area contributed by atoms with Crippen molar-refractivity contribution in [3.05, 3.63) is 65.8 Å². The molecule has 3 rings (SSSR count). The fourth-order valence-corrected chi connectivity index (χ4v) is 3.31. The van der Waals surface area contributed by atoms with Crippen LogP contribution in [0.1, 0.15) is 37.8 Å². The average molecular weight is 469 g/mol. The topological polar surface area (TPSA) is 0 Å². The molecule has 1 aromatic rings. The summed E-state index contributed by atoms with van der Waals surface area (Å²) in [7, 11) is 0. The van der Waals surface area contributed by atoms with Crippen molar-refractivity contribution in [3.8, 4) is 0 Å². The van der Waals surface area contributed by atoms with E-state index < -0.39 is 0 Å².